The maximum absolute atomic E-state index is 5.17. The van der Waals surface area contributed by atoms with E-state index < -0.39 is 0 Å². The lowest BCUT2D eigenvalue weighted by atomic mass is 10.3. The van der Waals surface area contributed by atoms with E-state index in [9.17, 15) is 0 Å². The second-order valence-electron chi connectivity index (χ2n) is 4.18. The van der Waals surface area contributed by atoms with Gasteiger partial charge in [0.1, 0.15) is 0 Å². The number of aromatic nitrogens is 3. The number of methoxy groups -OCH3 is 1. The van der Waals surface area contributed by atoms with Gasteiger partial charge in [-0.15, -0.1) is 11.3 Å². The van der Waals surface area contributed by atoms with Crippen molar-refractivity contribution in [3.63, 3.8) is 0 Å². The highest BCUT2D eigenvalue weighted by Gasteiger charge is 2.10. The molecule has 0 aromatic carbocycles. The van der Waals surface area contributed by atoms with Gasteiger partial charge in [-0.3, -0.25) is 0 Å². The number of imidazole rings is 1. The molecule has 18 heavy (non-hydrogen) atoms. The van der Waals surface area contributed by atoms with Crippen molar-refractivity contribution < 1.29 is 4.74 Å². The van der Waals surface area contributed by atoms with E-state index in [1.807, 2.05) is 18.6 Å². The summed E-state index contributed by atoms with van der Waals surface area (Å²) in [6.45, 7) is 5.56. The summed E-state index contributed by atoms with van der Waals surface area (Å²) >= 11 is 1.66. The highest BCUT2D eigenvalue weighted by molar-refractivity contribution is 7.09. The van der Waals surface area contributed by atoms with Crippen LogP contribution in [-0.4, -0.2) is 28.3 Å². The van der Waals surface area contributed by atoms with Gasteiger partial charge in [0.25, 0.3) is 0 Å². The minimum absolute atomic E-state index is 0.266. The second-order valence-corrected chi connectivity index (χ2v) is 5.12. The van der Waals surface area contributed by atoms with E-state index in [1.165, 1.54) is 4.88 Å². The van der Waals surface area contributed by atoms with Crippen LogP contribution in [0.2, 0.25) is 0 Å². The molecule has 0 saturated carbocycles. The van der Waals surface area contributed by atoms with Crippen molar-refractivity contribution in [2.45, 2.75) is 26.4 Å². The Bertz CT molecular complexity index is 494. The Morgan fingerprint density at radius 2 is 2.33 bits per heavy atom. The van der Waals surface area contributed by atoms with Gasteiger partial charge < -0.3 is 14.6 Å². The Morgan fingerprint density at radius 3 is 3.00 bits per heavy atom. The van der Waals surface area contributed by atoms with Crippen molar-refractivity contribution >= 4 is 17.3 Å². The molecule has 2 aromatic heterocycles. The molecule has 0 aliphatic heterocycles. The maximum Gasteiger partial charge on any atom is 0.203 e. The zero-order chi connectivity index (χ0) is 13.0. The SMILES string of the molecule is COCC(C)n1ccnc1NCc1scnc1C. The second kappa shape index (κ2) is 5.97. The molecule has 0 radical (unpaired) electrons. The zero-order valence-corrected chi connectivity index (χ0v) is 11.7. The van der Waals surface area contributed by atoms with Crippen LogP contribution in [0.3, 0.4) is 0 Å². The van der Waals surface area contributed by atoms with E-state index in [4.69, 9.17) is 4.74 Å². The van der Waals surface area contributed by atoms with Crippen molar-refractivity contribution in [2.75, 3.05) is 19.0 Å². The first-order chi connectivity index (χ1) is 8.72. The molecule has 2 heterocycles. The Balaban J connectivity index is 2.02. The fourth-order valence-corrected chi connectivity index (χ4v) is 2.50. The van der Waals surface area contributed by atoms with Crippen LogP contribution in [0.25, 0.3) is 0 Å². The normalized spacial score (nSPS) is 12.6. The molecule has 1 N–H and O–H groups in total. The first-order valence-electron chi connectivity index (χ1n) is 5.87. The van der Waals surface area contributed by atoms with Gasteiger partial charge in [0.15, 0.2) is 0 Å². The summed E-state index contributed by atoms with van der Waals surface area (Å²) in [5.41, 5.74) is 2.95. The van der Waals surface area contributed by atoms with E-state index in [1.54, 1.807) is 24.6 Å². The van der Waals surface area contributed by atoms with Crippen molar-refractivity contribution in [2.24, 2.45) is 0 Å². The minimum atomic E-state index is 0.266. The number of aryl methyl sites for hydroxylation is 1. The van der Waals surface area contributed by atoms with Crippen LogP contribution >= 0.6 is 11.3 Å². The van der Waals surface area contributed by atoms with Crippen LogP contribution in [0.1, 0.15) is 23.5 Å². The molecule has 5 nitrogen and oxygen atoms in total. The van der Waals surface area contributed by atoms with E-state index in [0.717, 1.165) is 18.2 Å². The third kappa shape index (κ3) is 2.88. The van der Waals surface area contributed by atoms with E-state index in [0.29, 0.717) is 6.61 Å². The standard InChI is InChI=1S/C12H18N4OS/c1-9(7-17-3)16-5-4-13-12(16)14-6-11-10(2)15-8-18-11/h4-5,8-9H,6-7H2,1-3H3,(H,13,14). The van der Waals surface area contributed by atoms with Gasteiger partial charge >= 0.3 is 0 Å². The smallest absolute Gasteiger partial charge is 0.203 e. The molecule has 1 atom stereocenters. The number of hydrogen-bond donors (Lipinski definition) is 1. The molecule has 2 rings (SSSR count). The molecule has 2 aromatic rings. The molecular formula is C12H18N4OS. The van der Waals surface area contributed by atoms with Crippen LogP contribution in [-0.2, 0) is 11.3 Å². The topological polar surface area (TPSA) is 52.0 Å². The van der Waals surface area contributed by atoms with Gasteiger partial charge in [0.2, 0.25) is 5.95 Å². The molecular weight excluding hydrogens is 248 g/mol. The summed E-state index contributed by atoms with van der Waals surface area (Å²) in [6, 6.07) is 0.266. The number of nitrogens with one attached hydrogen (secondary N) is 1. The number of rotatable bonds is 6. The first-order valence-corrected chi connectivity index (χ1v) is 6.75. The molecule has 0 spiro atoms. The molecule has 0 fully saturated rings. The lowest BCUT2D eigenvalue weighted by Crippen LogP contribution is -2.14. The number of thiazole rings is 1. The summed E-state index contributed by atoms with van der Waals surface area (Å²) in [5.74, 6) is 0.868. The Labute approximate surface area is 111 Å². The molecule has 98 valence electrons. The van der Waals surface area contributed by atoms with Gasteiger partial charge in [-0.1, -0.05) is 0 Å². The highest BCUT2D eigenvalue weighted by atomic mass is 32.1. The highest BCUT2D eigenvalue weighted by Crippen LogP contribution is 2.17. The average molecular weight is 266 g/mol. The van der Waals surface area contributed by atoms with Crippen LogP contribution < -0.4 is 5.32 Å². The molecule has 0 bridgehead atoms. The van der Waals surface area contributed by atoms with Crippen LogP contribution in [0.4, 0.5) is 5.95 Å². The predicted octanol–water partition coefficient (Wildman–Crippen LogP) is 2.47. The van der Waals surface area contributed by atoms with Crippen LogP contribution in [0, 0.1) is 6.92 Å². The molecule has 6 heteroatoms. The van der Waals surface area contributed by atoms with Gasteiger partial charge in [0.05, 0.1) is 30.4 Å². The summed E-state index contributed by atoms with van der Waals surface area (Å²) in [5, 5.41) is 3.34. The molecule has 0 saturated heterocycles. The van der Waals surface area contributed by atoms with E-state index >= 15 is 0 Å². The van der Waals surface area contributed by atoms with Crippen molar-refractivity contribution in [3.8, 4) is 0 Å². The monoisotopic (exact) mass is 266 g/mol. The minimum Gasteiger partial charge on any atom is -0.383 e. The molecule has 1 unspecified atom stereocenters. The average Bonchev–Trinajstić information content (AvgIpc) is 2.95. The van der Waals surface area contributed by atoms with Crippen LogP contribution in [0.15, 0.2) is 17.9 Å². The summed E-state index contributed by atoms with van der Waals surface area (Å²) in [7, 11) is 1.71. The summed E-state index contributed by atoms with van der Waals surface area (Å²) < 4.78 is 7.25. The zero-order valence-electron chi connectivity index (χ0n) is 10.9. The van der Waals surface area contributed by atoms with Gasteiger partial charge in [0, 0.05) is 24.4 Å². The van der Waals surface area contributed by atoms with Gasteiger partial charge in [-0.05, 0) is 13.8 Å². The summed E-state index contributed by atoms with van der Waals surface area (Å²) in [4.78, 5) is 9.80. The lowest BCUT2D eigenvalue weighted by molar-refractivity contribution is 0.163. The largest absolute Gasteiger partial charge is 0.383 e. The molecule has 0 aliphatic rings. The fraction of sp³-hybridized carbons (Fsp3) is 0.500. The quantitative estimate of drug-likeness (QED) is 0.872. The van der Waals surface area contributed by atoms with Crippen molar-refractivity contribution in [1.82, 2.24) is 14.5 Å². The number of nitrogens with zero attached hydrogens (tertiary/aromatic N) is 3. The fourth-order valence-electron chi connectivity index (χ4n) is 1.78. The van der Waals surface area contributed by atoms with Crippen LogP contribution in [0.5, 0.6) is 0 Å². The Kier molecular flexibility index (Phi) is 4.33. The van der Waals surface area contributed by atoms with Gasteiger partial charge in [-0.2, -0.15) is 0 Å². The predicted molar refractivity (Wildman–Crippen MR) is 73.0 cm³/mol. The maximum atomic E-state index is 5.17. The number of ether oxygens (including phenoxy) is 1. The summed E-state index contributed by atoms with van der Waals surface area (Å²) in [6.07, 6.45) is 3.76. The first kappa shape index (κ1) is 13.0. The molecule has 0 amide bonds. The van der Waals surface area contributed by atoms with E-state index in [2.05, 4.69) is 26.8 Å². The third-order valence-electron chi connectivity index (χ3n) is 2.80. The van der Waals surface area contributed by atoms with Gasteiger partial charge in [-0.25, -0.2) is 9.97 Å². The van der Waals surface area contributed by atoms with Crippen molar-refractivity contribution in [1.29, 1.82) is 0 Å². The number of hydrogen-bond acceptors (Lipinski definition) is 5. The van der Waals surface area contributed by atoms with E-state index in [-0.39, 0.29) is 6.04 Å². The Hall–Kier alpha value is -1.40. The third-order valence-corrected chi connectivity index (χ3v) is 3.74. The number of anilines is 1. The molecule has 0 aliphatic carbocycles. The lowest BCUT2D eigenvalue weighted by Gasteiger charge is -2.15. The van der Waals surface area contributed by atoms with Crippen molar-refractivity contribution in [3.05, 3.63) is 28.5 Å². The Morgan fingerprint density at radius 1 is 1.50 bits per heavy atom.